The van der Waals surface area contributed by atoms with Crippen LogP contribution in [0.5, 0.6) is 0 Å². The third-order valence-corrected chi connectivity index (χ3v) is 13.2. The number of hydrogen-bond donors (Lipinski definition) is 5. The first-order valence-electron chi connectivity index (χ1n) is 17.9. The van der Waals surface area contributed by atoms with Crippen LogP contribution in [0.1, 0.15) is 99.8 Å². The molecule has 9 heteroatoms. The molecule has 10 atom stereocenters. The third kappa shape index (κ3) is 6.87. The Labute approximate surface area is 277 Å². The molecule has 0 aliphatic heterocycles. The van der Waals surface area contributed by atoms with Crippen molar-refractivity contribution in [3.63, 3.8) is 0 Å². The summed E-state index contributed by atoms with van der Waals surface area (Å²) >= 11 is 0. The van der Waals surface area contributed by atoms with Crippen molar-refractivity contribution in [1.82, 2.24) is 10.2 Å². The fourth-order valence-corrected chi connectivity index (χ4v) is 10.9. The molecular formula is C37H64N4O5. The SMILES string of the molecule is CC(=O)O[C@H]1C[C@@]2(C)C(C[C@@H](O)C3[C@@]4(C)CC[C@@H](O)[C@@H](C)C4CC[C@@]32C)/C1=C(\CCC=C(C)C)C(=O)NCCN(CCN)CCN. The molecule has 4 aliphatic carbocycles. The molecule has 3 unspecified atom stereocenters. The molecule has 0 aromatic carbocycles. The second-order valence-electron chi connectivity index (χ2n) is 16.0. The zero-order valence-corrected chi connectivity index (χ0v) is 29.7. The molecule has 0 aromatic heterocycles. The number of esters is 1. The highest BCUT2D eigenvalue weighted by Gasteiger charge is 2.70. The van der Waals surface area contributed by atoms with E-state index in [1.807, 2.05) is 0 Å². The number of carbonyl (C=O) groups is 2. The van der Waals surface area contributed by atoms with E-state index in [1.165, 1.54) is 12.5 Å². The number of ether oxygens (including phenoxy) is 1. The first kappa shape index (κ1) is 37.0. The zero-order chi connectivity index (χ0) is 34.0. The van der Waals surface area contributed by atoms with Gasteiger partial charge in [-0.15, -0.1) is 0 Å². The average molecular weight is 645 g/mol. The van der Waals surface area contributed by atoms with E-state index in [0.717, 1.165) is 31.3 Å². The van der Waals surface area contributed by atoms with E-state index >= 15 is 0 Å². The number of amides is 1. The van der Waals surface area contributed by atoms with Gasteiger partial charge in [0.05, 0.1) is 12.2 Å². The van der Waals surface area contributed by atoms with Crippen LogP contribution in [-0.2, 0) is 14.3 Å². The van der Waals surface area contributed by atoms with Gasteiger partial charge in [-0.3, -0.25) is 14.5 Å². The van der Waals surface area contributed by atoms with Gasteiger partial charge in [0.25, 0.3) is 0 Å². The number of nitrogens with zero attached hydrogens (tertiary/aromatic N) is 1. The summed E-state index contributed by atoms with van der Waals surface area (Å²) in [7, 11) is 0. The minimum absolute atomic E-state index is 0.0614. The van der Waals surface area contributed by atoms with Gasteiger partial charge in [0.1, 0.15) is 6.10 Å². The fourth-order valence-electron chi connectivity index (χ4n) is 10.9. The number of nitrogens with one attached hydrogen (secondary N) is 1. The van der Waals surface area contributed by atoms with Crippen molar-refractivity contribution in [2.75, 3.05) is 39.3 Å². The number of nitrogens with two attached hydrogens (primary N) is 2. The minimum atomic E-state index is -0.549. The summed E-state index contributed by atoms with van der Waals surface area (Å²) in [6, 6.07) is 0. The highest BCUT2D eigenvalue weighted by atomic mass is 16.5. The highest BCUT2D eigenvalue weighted by Crippen LogP contribution is 2.74. The van der Waals surface area contributed by atoms with Crippen molar-refractivity contribution in [3.05, 3.63) is 22.8 Å². The summed E-state index contributed by atoms with van der Waals surface area (Å²) in [6.45, 7) is 18.4. The van der Waals surface area contributed by atoms with Gasteiger partial charge in [0.2, 0.25) is 5.91 Å². The van der Waals surface area contributed by atoms with Gasteiger partial charge in [0.15, 0.2) is 0 Å². The predicted octanol–water partition coefficient (Wildman–Crippen LogP) is 3.92. The van der Waals surface area contributed by atoms with Crippen LogP contribution in [0.25, 0.3) is 0 Å². The van der Waals surface area contributed by atoms with E-state index in [2.05, 4.69) is 57.8 Å². The topological polar surface area (TPSA) is 151 Å². The summed E-state index contributed by atoms with van der Waals surface area (Å²) in [6.07, 6.45) is 6.85. The monoisotopic (exact) mass is 644 g/mol. The Morgan fingerprint density at radius 2 is 1.67 bits per heavy atom. The van der Waals surface area contributed by atoms with E-state index in [9.17, 15) is 19.8 Å². The van der Waals surface area contributed by atoms with Crippen molar-refractivity contribution < 1.29 is 24.5 Å². The molecular weight excluding hydrogens is 580 g/mol. The van der Waals surface area contributed by atoms with Crippen LogP contribution in [0.15, 0.2) is 22.8 Å². The Kier molecular flexibility index (Phi) is 11.9. The second-order valence-corrected chi connectivity index (χ2v) is 16.0. The smallest absolute Gasteiger partial charge is 0.303 e. The molecule has 262 valence electrons. The summed E-state index contributed by atoms with van der Waals surface area (Å²) in [4.78, 5) is 28.9. The number of carbonyl (C=O) groups excluding carboxylic acids is 2. The fraction of sp³-hybridized carbons (Fsp3) is 0.838. The first-order chi connectivity index (χ1) is 21.6. The van der Waals surface area contributed by atoms with Crippen molar-refractivity contribution >= 4 is 11.9 Å². The molecule has 4 fully saturated rings. The number of fused-ring (bicyclic) bond motifs is 5. The van der Waals surface area contributed by atoms with E-state index in [1.54, 1.807) is 0 Å². The lowest BCUT2D eigenvalue weighted by molar-refractivity contribution is -0.234. The summed E-state index contributed by atoms with van der Waals surface area (Å²) < 4.78 is 6.13. The molecule has 9 nitrogen and oxygen atoms in total. The molecule has 0 saturated heterocycles. The summed E-state index contributed by atoms with van der Waals surface area (Å²) in [5.41, 5.74) is 13.8. The predicted molar refractivity (Wildman–Crippen MR) is 182 cm³/mol. The molecule has 0 heterocycles. The molecule has 0 aromatic rings. The van der Waals surface area contributed by atoms with E-state index in [0.29, 0.717) is 76.4 Å². The van der Waals surface area contributed by atoms with Crippen LogP contribution in [0.2, 0.25) is 0 Å². The number of aliphatic hydroxyl groups is 2. The largest absolute Gasteiger partial charge is 0.458 e. The van der Waals surface area contributed by atoms with Gasteiger partial charge in [-0.1, -0.05) is 39.3 Å². The number of rotatable bonds is 12. The Morgan fingerprint density at radius 3 is 2.28 bits per heavy atom. The van der Waals surface area contributed by atoms with Crippen LogP contribution in [0.4, 0.5) is 0 Å². The molecule has 0 spiro atoms. The van der Waals surface area contributed by atoms with E-state index in [4.69, 9.17) is 16.2 Å². The van der Waals surface area contributed by atoms with Crippen molar-refractivity contribution in [1.29, 1.82) is 0 Å². The lowest BCUT2D eigenvalue weighted by atomic mass is 9.36. The molecule has 0 bridgehead atoms. The normalized spacial score (nSPS) is 39.6. The average Bonchev–Trinajstić information content (AvgIpc) is 3.24. The summed E-state index contributed by atoms with van der Waals surface area (Å²) in [5, 5.41) is 26.2. The molecule has 1 amide bonds. The van der Waals surface area contributed by atoms with Gasteiger partial charge in [-0.25, -0.2) is 0 Å². The van der Waals surface area contributed by atoms with Crippen molar-refractivity contribution in [3.8, 4) is 0 Å². The Bertz CT molecular complexity index is 1160. The van der Waals surface area contributed by atoms with Gasteiger partial charge in [-0.05, 0) is 111 Å². The zero-order valence-electron chi connectivity index (χ0n) is 29.7. The molecule has 4 aliphatic rings. The van der Waals surface area contributed by atoms with Crippen LogP contribution < -0.4 is 16.8 Å². The molecule has 4 rings (SSSR count). The van der Waals surface area contributed by atoms with Gasteiger partial charge >= 0.3 is 5.97 Å². The van der Waals surface area contributed by atoms with Crippen LogP contribution >= 0.6 is 0 Å². The van der Waals surface area contributed by atoms with Crippen LogP contribution in [0, 0.1) is 39.9 Å². The first-order valence-corrected chi connectivity index (χ1v) is 17.9. The molecule has 7 N–H and O–H groups in total. The lowest BCUT2D eigenvalue weighted by Gasteiger charge is -2.69. The molecule has 4 saturated carbocycles. The maximum atomic E-state index is 14.2. The number of allylic oxidation sites excluding steroid dienone is 2. The molecule has 46 heavy (non-hydrogen) atoms. The standard InChI is InChI=1S/C37H64N4O5/c1-23(2)9-8-10-26(34(45)40-17-20-41(18-15-38)19-16-39)32-28-21-30(44)33-35(5)13-12-29(43)24(3)27(35)11-14-36(33,6)37(28,7)22-31(32)46-25(4)42/h9,24,27-31,33,43-44H,8,10-22,38-39H2,1-7H3,(H,40,45)/b32-26-/t24-,27?,28?,29+,30+,31-,33?,35-,36-,37-/m0/s1. The molecule has 0 radical (unpaired) electrons. The Hall–Kier alpha value is -1.78. The maximum Gasteiger partial charge on any atom is 0.303 e. The van der Waals surface area contributed by atoms with Crippen molar-refractivity contribution in [2.24, 2.45) is 51.4 Å². The maximum absolute atomic E-state index is 14.2. The quantitative estimate of drug-likeness (QED) is 0.122. The minimum Gasteiger partial charge on any atom is -0.458 e. The van der Waals surface area contributed by atoms with Crippen LogP contribution in [-0.4, -0.2) is 84.6 Å². The lowest BCUT2D eigenvalue weighted by Crippen LogP contribution is -2.65. The number of aliphatic hydroxyl groups excluding tert-OH is 2. The summed E-state index contributed by atoms with van der Waals surface area (Å²) in [5.74, 6) is 0.0651. The van der Waals surface area contributed by atoms with Gasteiger partial charge in [-0.2, -0.15) is 0 Å². The number of hydrogen-bond acceptors (Lipinski definition) is 8. The van der Waals surface area contributed by atoms with Crippen molar-refractivity contribution in [2.45, 2.75) is 118 Å². The van der Waals surface area contributed by atoms with Crippen LogP contribution in [0.3, 0.4) is 0 Å². The third-order valence-electron chi connectivity index (χ3n) is 13.2. The highest BCUT2D eigenvalue weighted by molar-refractivity contribution is 5.94. The Balaban J connectivity index is 1.75. The van der Waals surface area contributed by atoms with E-state index < -0.39 is 12.2 Å². The van der Waals surface area contributed by atoms with Gasteiger partial charge < -0.3 is 31.7 Å². The Morgan fingerprint density at radius 1 is 1.00 bits per heavy atom. The van der Waals surface area contributed by atoms with E-state index in [-0.39, 0.29) is 52.0 Å². The second kappa shape index (κ2) is 14.8. The van der Waals surface area contributed by atoms with Gasteiger partial charge in [0, 0.05) is 51.8 Å².